The molecule has 0 saturated carbocycles. The molecule has 0 aliphatic rings. The molecule has 1 N–H and O–H groups in total. The van der Waals surface area contributed by atoms with Gasteiger partial charge in [-0.15, -0.1) is 0 Å². The fourth-order valence-corrected chi connectivity index (χ4v) is 2.16. The van der Waals surface area contributed by atoms with Gasteiger partial charge in [0.2, 0.25) is 5.91 Å². The Morgan fingerprint density at radius 1 is 1.21 bits per heavy atom. The molecular formula is C15H22BrNO2. The van der Waals surface area contributed by atoms with Gasteiger partial charge in [-0.3, -0.25) is 4.79 Å². The number of hydrogen-bond acceptors (Lipinski definition) is 2. The topological polar surface area (TPSA) is 38.3 Å². The molecule has 0 aliphatic heterocycles. The Hall–Kier alpha value is -1.03. The minimum Gasteiger partial charge on any atom is -0.497 e. The molecule has 0 radical (unpaired) electrons. The molecule has 1 amide bonds. The van der Waals surface area contributed by atoms with Crippen LogP contribution >= 0.6 is 15.9 Å². The maximum atomic E-state index is 11.6. The molecule has 3 nitrogen and oxygen atoms in total. The van der Waals surface area contributed by atoms with Crippen LogP contribution in [-0.4, -0.2) is 24.9 Å². The second kappa shape index (κ2) is 9.84. The van der Waals surface area contributed by atoms with Crippen molar-refractivity contribution >= 4 is 21.8 Å². The van der Waals surface area contributed by atoms with Crippen molar-refractivity contribution in [1.29, 1.82) is 0 Å². The Bertz CT molecular complexity index is 365. The van der Waals surface area contributed by atoms with Crippen molar-refractivity contribution in [3.05, 3.63) is 29.8 Å². The molecule has 0 saturated heterocycles. The molecule has 106 valence electrons. The monoisotopic (exact) mass is 327 g/mol. The number of carbonyl (C=O) groups excluding carboxylic acids is 1. The summed E-state index contributed by atoms with van der Waals surface area (Å²) in [6.45, 7) is 0.786. The highest BCUT2D eigenvalue weighted by molar-refractivity contribution is 9.09. The van der Waals surface area contributed by atoms with E-state index in [1.165, 1.54) is 6.42 Å². The third-order valence-corrected chi connectivity index (χ3v) is 3.49. The number of amides is 1. The number of hydrogen-bond donors (Lipinski definition) is 1. The van der Waals surface area contributed by atoms with Gasteiger partial charge < -0.3 is 10.1 Å². The number of benzene rings is 1. The second-order valence-electron chi connectivity index (χ2n) is 4.45. The lowest BCUT2D eigenvalue weighted by Crippen LogP contribution is -2.24. The van der Waals surface area contributed by atoms with Gasteiger partial charge in [-0.05, 0) is 37.0 Å². The van der Waals surface area contributed by atoms with Gasteiger partial charge in [-0.2, -0.15) is 0 Å². The van der Waals surface area contributed by atoms with Gasteiger partial charge in [0.1, 0.15) is 5.75 Å². The van der Waals surface area contributed by atoms with Gasteiger partial charge in [0, 0.05) is 18.3 Å². The number of rotatable bonds is 9. The highest BCUT2D eigenvalue weighted by Gasteiger charge is 2.02. The van der Waals surface area contributed by atoms with Crippen LogP contribution < -0.4 is 10.1 Å². The summed E-state index contributed by atoms with van der Waals surface area (Å²) in [5, 5.41) is 4.00. The third kappa shape index (κ3) is 7.21. The molecule has 0 atom stereocenters. The van der Waals surface area contributed by atoms with Crippen LogP contribution in [0.15, 0.2) is 24.3 Å². The van der Waals surface area contributed by atoms with Crippen LogP contribution in [-0.2, 0) is 11.2 Å². The van der Waals surface area contributed by atoms with E-state index in [-0.39, 0.29) is 5.91 Å². The Kier molecular flexibility index (Phi) is 8.30. The zero-order valence-corrected chi connectivity index (χ0v) is 13.0. The lowest BCUT2D eigenvalue weighted by molar-refractivity contribution is -0.121. The van der Waals surface area contributed by atoms with E-state index in [1.807, 2.05) is 24.3 Å². The van der Waals surface area contributed by atoms with Gasteiger partial charge in [0.25, 0.3) is 0 Å². The summed E-state index contributed by atoms with van der Waals surface area (Å²) in [6, 6.07) is 7.85. The summed E-state index contributed by atoms with van der Waals surface area (Å²) in [5.74, 6) is 0.981. The molecule has 0 bridgehead atoms. The minimum absolute atomic E-state index is 0.134. The Labute approximate surface area is 123 Å². The summed E-state index contributed by atoms with van der Waals surface area (Å²) < 4.78 is 5.10. The predicted octanol–water partition coefficient (Wildman–Crippen LogP) is 3.31. The maximum Gasteiger partial charge on any atom is 0.220 e. The zero-order chi connectivity index (χ0) is 13.9. The van der Waals surface area contributed by atoms with Gasteiger partial charge in [-0.1, -0.05) is 34.5 Å². The molecule has 1 rings (SSSR count). The van der Waals surface area contributed by atoms with E-state index in [9.17, 15) is 4.79 Å². The lowest BCUT2D eigenvalue weighted by atomic mass is 10.1. The van der Waals surface area contributed by atoms with Gasteiger partial charge in [0.15, 0.2) is 0 Å². The normalized spacial score (nSPS) is 10.2. The first-order valence-electron chi connectivity index (χ1n) is 6.72. The van der Waals surface area contributed by atoms with Gasteiger partial charge >= 0.3 is 0 Å². The Balaban J connectivity index is 2.15. The number of alkyl halides is 1. The van der Waals surface area contributed by atoms with E-state index in [0.717, 1.165) is 42.5 Å². The first kappa shape index (κ1) is 16.0. The SMILES string of the molecule is COc1ccc(CCC(=O)NCCCCCBr)cc1. The fourth-order valence-electron chi connectivity index (χ4n) is 1.76. The van der Waals surface area contributed by atoms with Crippen molar-refractivity contribution < 1.29 is 9.53 Å². The second-order valence-corrected chi connectivity index (χ2v) is 5.24. The average Bonchev–Trinajstić information content (AvgIpc) is 2.45. The highest BCUT2D eigenvalue weighted by Crippen LogP contribution is 2.12. The molecule has 4 heteroatoms. The Morgan fingerprint density at radius 3 is 2.58 bits per heavy atom. The smallest absolute Gasteiger partial charge is 0.220 e. The van der Waals surface area contributed by atoms with Crippen molar-refractivity contribution in [2.75, 3.05) is 19.0 Å². The summed E-state index contributed by atoms with van der Waals surface area (Å²) >= 11 is 3.40. The molecule has 0 heterocycles. The summed E-state index contributed by atoms with van der Waals surface area (Å²) in [6.07, 6.45) is 4.70. The van der Waals surface area contributed by atoms with E-state index in [1.54, 1.807) is 7.11 Å². The summed E-state index contributed by atoms with van der Waals surface area (Å²) in [5.41, 5.74) is 1.16. The van der Waals surface area contributed by atoms with E-state index < -0.39 is 0 Å². The van der Waals surface area contributed by atoms with Crippen molar-refractivity contribution in [3.8, 4) is 5.75 Å². The van der Waals surface area contributed by atoms with Crippen molar-refractivity contribution in [2.24, 2.45) is 0 Å². The first-order valence-corrected chi connectivity index (χ1v) is 7.84. The lowest BCUT2D eigenvalue weighted by Gasteiger charge is -2.05. The number of ether oxygens (including phenoxy) is 1. The van der Waals surface area contributed by atoms with Crippen molar-refractivity contribution in [2.45, 2.75) is 32.1 Å². The highest BCUT2D eigenvalue weighted by atomic mass is 79.9. The summed E-state index contributed by atoms with van der Waals surface area (Å²) in [4.78, 5) is 11.6. The molecule has 19 heavy (non-hydrogen) atoms. The van der Waals surface area contributed by atoms with Crippen LogP contribution in [0.5, 0.6) is 5.75 Å². The zero-order valence-electron chi connectivity index (χ0n) is 11.5. The van der Waals surface area contributed by atoms with E-state index in [2.05, 4.69) is 21.2 Å². The molecule has 1 aromatic rings. The number of nitrogens with one attached hydrogen (secondary N) is 1. The number of halogens is 1. The molecule has 0 fully saturated rings. The van der Waals surface area contributed by atoms with Crippen LogP contribution in [0.3, 0.4) is 0 Å². The van der Waals surface area contributed by atoms with Crippen molar-refractivity contribution in [3.63, 3.8) is 0 Å². The van der Waals surface area contributed by atoms with Crippen LogP contribution in [0.2, 0.25) is 0 Å². The predicted molar refractivity (Wildman–Crippen MR) is 82.0 cm³/mol. The van der Waals surface area contributed by atoms with Crippen LogP contribution in [0.25, 0.3) is 0 Å². The summed E-state index contributed by atoms with van der Waals surface area (Å²) in [7, 11) is 1.65. The van der Waals surface area contributed by atoms with Gasteiger partial charge in [-0.25, -0.2) is 0 Å². The molecule has 0 aliphatic carbocycles. The average molecular weight is 328 g/mol. The molecule has 0 spiro atoms. The van der Waals surface area contributed by atoms with Crippen LogP contribution in [0.4, 0.5) is 0 Å². The third-order valence-electron chi connectivity index (χ3n) is 2.93. The molecule has 1 aromatic carbocycles. The number of unbranched alkanes of at least 4 members (excludes halogenated alkanes) is 2. The Morgan fingerprint density at radius 2 is 1.95 bits per heavy atom. The van der Waals surface area contributed by atoms with E-state index >= 15 is 0 Å². The molecule has 0 aromatic heterocycles. The van der Waals surface area contributed by atoms with Gasteiger partial charge in [0.05, 0.1) is 7.11 Å². The molecule has 0 unspecified atom stereocenters. The maximum absolute atomic E-state index is 11.6. The largest absolute Gasteiger partial charge is 0.497 e. The standard InChI is InChI=1S/C15H22BrNO2/c1-19-14-8-5-13(6-9-14)7-10-15(18)17-12-4-2-3-11-16/h5-6,8-9H,2-4,7,10-12H2,1H3,(H,17,18). The van der Waals surface area contributed by atoms with Crippen LogP contribution in [0.1, 0.15) is 31.2 Å². The van der Waals surface area contributed by atoms with Crippen LogP contribution in [0, 0.1) is 0 Å². The van der Waals surface area contributed by atoms with E-state index in [0.29, 0.717) is 6.42 Å². The number of carbonyl (C=O) groups is 1. The number of aryl methyl sites for hydroxylation is 1. The quantitative estimate of drug-likeness (QED) is 0.558. The van der Waals surface area contributed by atoms with E-state index in [4.69, 9.17) is 4.74 Å². The minimum atomic E-state index is 0.134. The number of methoxy groups -OCH3 is 1. The molecular weight excluding hydrogens is 306 g/mol. The van der Waals surface area contributed by atoms with Crippen molar-refractivity contribution in [1.82, 2.24) is 5.32 Å². The first-order chi connectivity index (χ1) is 9.26. The fraction of sp³-hybridized carbons (Fsp3) is 0.533.